The van der Waals surface area contributed by atoms with Crippen molar-refractivity contribution in [2.24, 2.45) is 11.6 Å². The second kappa shape index (κ2) is 13.4. The minimum Gasteiger partial charge on any atom is -0.504 e. The van der Waals surface area contributed by atoms with E-state index in [0.717, 1.165) is 12.1 Å². The molecule has 0 saturated heterocycles. The third kappa shape index (κ3) is 6.63. The van der Waals surface area contributed by atoms with Crippen molar-refractivity contribution in [1.29, 1.82) is 0 Å². The van der Waals surface area contributed by atoms with E-state index in [2.05, 4.69) is 5.90 Å². The van der Waals surface area contributed by atoms with Crippen molar-refractivity contribution < 1.29 is 55.3 Å². The molecule has 1 heterocycles. The molecule has 3 aromatic rings. The quantitative estimate of drug-likeness (QED) is 0.113. The molecule has 0 fully saturated rings. The van der Waals surface area contributed by atoms with Gasteiger partial charge in [-0.15, -0.1) is 0 Å². The van der Waals surface area contributed by atoms with Gasteiger partial charge in [-0.3, -0.25) is 14.5 Å². The molecule has 0 aromatic heterocycles. The van der Waals surface area contributed by atoms with Crippen LogP contribution in [0, 0.1) is 0 Å². The summed E-state index contributed by atoms with van der Waals surface area (Å²) in [6.45, 7) is 1.66. The van der Waals surface area contributed by atoms with Gasteiger partial charge in [0.2, 0.25) is 0 Å². The number of hydrogen-bond acceptors (Lipinski definition) is 12. The van der Waals surface area contributed by atoms with Crippen molar-refractivity contribution in [1.82, 2.24) is 4.90 Å². The maximum Gasteiger partial charge on any atom is 0.330 e. The van der Waals surface area contributed by atoms with Crippen LogP contribution in [0.3, 0.4) is 0 Å². The Balaban J connectivity index is 0.000000315. The first-order valence-electron chi connectivity index (χ1n) is 11.5. The molecule has 0 saturated carbocycles. The number of amides is 2. The Bertz CT molecular complexity index is 1340. The fourth-order valence-corrected chi connectivity index (χ4v) is 3.78. The number of nitrogens with two attached hydrogens (primary N) is 2. The minimum atomic E-state index is -1.89. The molecule has 0 spiro atoms. The minimum absolute atomic E-state index is 0.0551. The molecule has 1 aliphatic rings. The molecule has 40 heavy (non-hydrogen) atoms. The third-order valence-electron chi connectivity index (χ3n) is 5.84. The summed E-state index contributed by atoms with van der Waals surface area (Å²) >= 11 is 0. The highest BCUT2D eigenvalue weighted by Gasteiger charge is 2.46. The number of aliphatic hydroxyl groups excluding tert-OH is 2. The summed E-state index contributed by atoms with van der Waals surface area (Å²) in [6.07, 6.45) is -2.63. The van der Waals surface area contributed by atoms with Crippen LogP contribution in [0.5, 0.6) is 23.0 Å². The van der Waals surface area contributed by atoms with E-state index in [1.54, 1.807) is 6.92 Å². The summed E-state index contributed by atoms with van der Waals surface area (Å²) in [5.41, 5.74) is 5.99. The predicted octanol–water partition coefficient (Wildman–Crippen LogP) is 0.693. The summed E-state index contributed by atoms with van der Waals surface area (Å²) in [7, 11) is 0. The standard InChI is InChI=1S/C17H13NO7.C9H13NO3.H3NO/c19-11-6-5-8(7-12(11)20)14(21)13(17(24)25)18-15(22)9-3-1-2-4-10(9)16(18)23;1-5(10)9(13)6-2-3-7(11)8(12)4-6;1-2/h1-7,13-14,19-21H,(H,24,25);2-5,9,11-13H,10H2,1H3;2H,1H2/t13-,14+;5-,9+;/m01./s1. The molecular weight excluding hydrogens is 530 g/mol. The van der Waals surface area contributed by atoms with E-state index < -0.39 is 53.6 Å². The molecule has 14 heteroatoms. The highest BCUT2D eigenvalue weighted by molar-refractivity contribution is 6.22. The Labute approximate surface area is 227 Å². The lowest BCUT2D eigenvalue weighted by Gasteiger charge is -2.27. The van der Waals surface area contributed by atoms with Crippen LogP contribution < -0.4 is 11.6 Å². The Hall–Kier alpha value is -4.73. The van der Waals surface area contributed by atoms with Gasteiger partial charge in [0.15, 0.2) is 29.0 Å². The van der Waals surface area contributed by atoms with Crippen LogP contribution in [0.2, 0.25) is 0 Å². The Morgan fingerprint density at radius 2 is 1.12 bits per heavy atom. The zero-order chi connectivity index (χ0) is 30.3. The van der Waals surface area contributed by atoms with Gasteiger partial charge in [-0.25, -0.2) is 10.7 Å². The molecule has 214 valence electrons. The summed E-state index contributed by atoms with van der Waals surface area (Å²) in [4.78, 5) is 37.1. The van der Waals surface area contributed by atoms with Crippen LogP contribution in [-0.4, -0.2) is 75.7 Å². The number of carboxylic acid groups (broad SMARTS) is 1. The van der Waals surface area contributed by atoms with Crippen molar-refractivity contribution >= 4 is 17.8 Å². The molecule has 14 nitrogen and oxygen atoms in total. The predicted molar refractivity (Wildman–Crippen MR) is 137 cm³/mol. The topological polar surface area (TPSA) is 268 Å². The first kappa shape index (κ1) is 31.5. The number of aliphatic carboxylic acids is 1. The fraction of sp³-hybridized carbons (Fsp3) is 0.192. The molecule has 0 unspecified atom stereocenters. The third-order valence-corrected chi connectivity index (χ3v) is 5.84. The zero-order valence-corrected chi connectivity index (χ0v) is 21.0. The van der Waals surface area contributed by atoms with Crippen LogP contribution in [0.25, 0.3) is 0 Å². The van der Waals surface area contributed by atoms with Crippen LogP contribution in [0.4, 0.5) is 0 Å². The molecule has 4 rings (SSSR count). The van der Waals surface area contributed by atoms with E-state index in [9.17, 15) is 39.9 Å². The maximum atomic E-state index is 12.5. The molecule has 12 N–H and O–H groups in total. The number of nitrogens with zero attached hydrogens (tertiary/aromatic N) is 1. The average Bonchev–Trinajstić information content (AvgIpc) is 3.18. The van der Waals surface area contributed by atoms with Crippen molar-refractivity contribution in [3.63, 3.8) is 0 Å². The van der Waals surface area contributed by atoms with Crippen molar-refractivity contribution in [2.45, 2.75) is 31.2 Å². The van der Waals surface area contributed by atoms with Gasteiger partial charge in [-0.05, 0) is 54.4 Å². The second-order valence-electron chi connectivity index (χ2n) is 8.55. The smallest absolute Gasteiger partial charge is 0.330 e. The summed E-state index contributed by atoms with van der Waals surface area (Å²) in [5, 5.41) is 72.9. The Morgan fingerprint density at radius 3 is 1.48 bits per heavy atom. The van der Waals surface area contributed by atoms with Gasteiger partial charge in [0.1, 0.15) is 6.10 Å². The summed E-state index contributed by atoms with van der Waals surface area (Å²) in [6, 6.07) is 10.9. The molecular formula is C26H29N3O11. The molecule has 0 aliphatic carbocycles. The second-order valence-corrected chi connectivity index (χ2v) is 8.55. The maximum absolute atomic E-state index is 12.5. The molecule has 4 atom stereocenters. The number of rotatable bonds is 6. The number of benzene rings is 3. The van der Waals surface area contributed by atoms with Gasteiger partial charge < -0.3 is 46.7 Å². The van der Waals surface area contributed by atoms with Gasteiger partial charge in [0.05, 0.1) is 17.2 Å². The van der Waals surface area contributed by atoms with Gasteiger partial charge in [-0.2, -0.15) is 0 Å². The average molecular weight is 560 g/mol. The molecule has 3 aromatic carbocycles. The Morgan fingerprint density at radius 1 is 0.725 bits per heavy atom. The number of phenolic OH excluding ortho intramolecular Hbond substituents is 4. The number of aromatic hydroxyl groups is 4. The number of imide groups is 1. The van der Waals surface area contributed by atoms with E-state index in [1.807, 2.05) is 0 Å². The Kier molecular flexibility index (Phi) is 10.5. The number of carbonyl (C=O) groups excluding carboxylic acids is 2. The SMILES string of the molecule is C[C@@H](N)[C@H](O)c1ccc(O)c(O)c1.NO.O=C(O)[C@H]([C@H](O)c1ccc(O)c(O)c1)N1C(=O)c2ccccc2C1=O. The highest BCUT2D eigenvalue weighted by Crippen LogP contribution is 2.33. The van der Waals surface area contributed by atoms with E-state index >= 15 is 0 Å². The number of aliphatic hydroxyl groups is 2. The van der Waals surface area contributed by atoms with Gasteiger partial charge in [0, 0.05) is 6.04 Å². The van der Waals surface area contributed by atoms with Crippen molar-refractivity contribution in [3.05, 3.63) is 82.9 Å². The van der Waals surface area contributed by atoms with E-state index in [-0.39, 0.29) is 28.2 Å². The van der Waals surface area contributed by atoms with Gasteiger partial charge >= 0.3 is 5.97 Å². The zero-order valence-electron chi connectivity index (χ0n) is 21.0. The molecule has 0 radical (unpaired) electrons. The number of carboxylic acids is 1. The normalized spacial score (nSPS) is 15.0. The van der Waals surface area contributed by atoms with Crippen LogP contribution >= 0.6 is 0 Å². The summed E-state index contributed by atoms with van der Waals surface area (Å²) < 4.78 is 0. The molecule has 2 amide bonds. The van der Waals surface area contributed by atoms with E-state index in [4.69, 9.17) is 21.2 Å². The van der Waals surface area contributed by atoms with Gasteiger partial charge in [-0.1, -0.05) is 24.3 Å². The number of fused-ring (bicyclic) bond motifs is 1. The number of hydrogen-bond donors (Lipinski definition) is 10. The van der Waals surface area contributed by atoms with E-state index in [1.165, 1.54) is 48.5 Å². The van der Waals surface area contributed by atoms with Crippen LogP contribution in [0.15, 0.2) is 60.7 Å². The summed E-state index contributed by atoms with van der Waals surface area (Å²) in [5.74, 6) is -1.22. The number of phenols is 4. The fourth-order valence-electron chi connectivity index (χ4n) is 3.78. The van der Waals surface area contributed by atoms with Crippen molar-refractivity contribution in [2.75, 3.05) is 0 Å². The monoisotopic (exact) mass is 559 g/mol. The molecule has 1 aliphatic heterocycles. The highest BCUT2D eigenvalue weighted by atomic mass is 16.4. The first-order chi connectivity index (χ1) is 18.8. The first-order valence-corrected chi connectivity index (χ1v) is 11.5. The lowest BCUT2D eigenvalue weighted by atomic mass is 10.0. The molecule has 0 bridgehead atoms. The largest absolute Gasteiger partial charge is 0.504 e. The van der Waals surface area contributed by atoms with E-state index in [0.29, 0.717) is 10.5 Å². The lowest BCUT2D eigenvalue weighted by molar-refractivity contribution is -0.145. The van der Waals surface area contributed by atoms with Crippen molar-refractivity contribution in [3.8, 4) is 23.0 Å². The van der Waals surface area contributed by atoms with Crippen LogP contribution in [-0.2, 0) is 4.79 Å². The number of carbonyl (C=O) groups is 3. The van der Waals surface area contributed by atoms with Gasteiger partial charge in [0.25, 0.3) is 11.8 Å². The van der Waals surface area contributed by atoms with Crippen LogP contribution in [0.1, 0.15) is 51.0 Å². The lowest BCUT2D eigenvalue weighted by Crippen LogP contribution is -2.48.